The number of pyridine rings is 1. The number of hydrogen-bond donors (Lipinski definition) is 1. The molecule has 0 aliphatic heterocycles. The van der Waals surface area contributed by atoms with Gasteiger partial charge < -0.3 is 5.32 Å². The van der Waals surface area contributed by atoms with Crippen molar-refractivity contribution >= 4 is 28.2 Å². The van der Waals surface area contributed by atoms with E-state index in [-0.39, 0.29) is 0 Å². The first-order valence-corrected chi connectivity index (χ1v) is 6.25. The number of fused-ring (bicyclic) bond motifs is 1. The molecule has 3 rings (SSSR count). The predicted molar refractivity (Wildman–Crippen MR) is 76.1 cm³/mol. The van der Waals surface area contributed by atoms with Crippen molar-refractivity contribution in [2.45, 2.75) is 6.54 Å². The Balaban J connectivity index is 1.90. The first-order valence-electron chi connectivity index (χ1n) is 5.88. The van der Waals surface area contributed by atoms with Gasteiger partial charge in [0.15, 0.2) is 0 Å². The van der Waals surface area contributed by atoms with Gasteiger partial charge in [-0.15, -0.1) is 0 Å². The highest BCUT2D eigenvalue weighted by Gasteiger charge is 2.03. The Morgan fingerprint density at radius 3 is 2.89 bits per heavy atom. The Kier molecular flexibility index (Phi) is 3.25. The minimum atomic E-state index is 0.611. The molecular formula is C14H11ClN4. The van der Waals surface area contributed by atoms with Crippen molar-refractivity contribution in [3.63, 3.8) is 0 Å². The van der Waals surface area contributed by atoms with Gasteiger partial charge in [0.1, 0.15) is 0 Å². The maximum atomic E-state index is 6.03. The molecule has 19 heavy (non-hydrogen) atoms. The second-order valence-electron chi connectivity index (χ2n) is 4.09. The third-order valence-corrected chi connectivity index (χ3v) is 3.03. The minimum absolute atomic E-state index is 0.611. The molecule has 94 valence electrons. The molecule has 0 fully saturated rings. The first kappa shape index (κ1) is 11.9. The van der Waals surface area contributed by atoms with E-state index in [0.29, 0.717) is 11.6 Å². The maximum absolute atomic E-state index is 6.03. The molecule has 2 aromatic heterocycles. The molecule has 0 aliphatic rings. The summed E-state index contributed by atoms with van der Waals surface area (Å²) in [6.45, 7) is 0.611. The second kappa shape index (κ2) is 5.20. The fourth-order valence-corrected chi connectivity index (χ4v) is 2.06. The zero-order chi connectivity index (χ0) is 13.1. The lowest BCUT2D eigenvalue weighted by atomic mass is 10.2. The van der Waals surface area contributed by atoms with Gasteiger partial charge >= 0.3 is 0 Å². The predicted octanol–water partition coefficient (Wildman–Crippen LogP) is 3.29. The number of aromatic nitrogens is 3. The summed E-state index contributed by atoms with van der Waals surface area (Å²) >= 11 is 6.03. The lowest BCUT2D eigenvalue weighted by Crippen LogP contribution is -2.02. The fraction of sp³-hybridized carbons (Fsp3) is 0.0714. The molecule has 0 amide bonds. The SMILES string of the molecule is Clc1ccc2nccc(NCc3cccnn3)c2c1. The van der Waals surface area contributed by atoms with E-state index in [4.69, 9.17) is 11.6 Å². The molecule has 2 heterocycles. The van der Waals surface area contributed by atoms with Crippen LogP contribution in [0.25, 0.3) is 10.9 Å². The number of halogens is 1. The first-order chi connectivity index (χ1) is 9.33. The van der Waals surface area contributed by atoms with E-state index in [1.807, 2.05) is 36.4 Å². The Morgan fingerprint density at radius 2 is 2.05 bits per heavy atom. The lowest BCUT2D eigenvalue weighted by molar-refractivity contribution is 0.925. The maximum Gasteiger partial charge on any atom is 0.0821 e. The number of hydrogen-bond acceptors (Lipinski definition) is 4. The van der Waals surface area contributed by atoms with Crippen LogP contribution < -0.4 is 5.32 Å². The smallest absolute Gasteiger partial charge is 0.0821 e. The number of anilines is 1. The molecule has 0 spiro atoms. The van der Waals surface area contributed by atoms with Crippen LogP contribution in [-0.4, -0.2) is 15.2 Å². The highest BCUT2D eigenvalue weighted by molar-refractivity contribution is 6.31. The number of benzene rings is 1. The van der Waals surface area contributed by atoms with Gasteiger partial charge in [0, 0.05) is 28.5 Å². The Labute approximate surface area is 115 Å². The molecule has 1 N–H and O–H groups in total. The van der Waals surface area contributed by atoms with Crippen molar-refractivity contribution in [3.8, 4) is 0 Å². The standard InChI is InChI=1S/C14H11ClN4/c15-10-3-4-13-12(8-10)14(5-7-16-13)17-9-11-2-1-6-18-19-11/h1-8H,9H2,(H,16,17). The van der Waals surface area contributed by atoms with Crippen molar-refractivity contribution in [3.05, 3.63) is 59.5 Å². The summed E-state index contributed by atoms with van der Waals surface area (Å²) in [6.07, 6.45) is 3.43. The van der Waals surface area contributed by atoms with E-state index < -0.39 is 0 Å². The van der Waals surface area contributed by atoms with E-state index in [1.54, 1.807) is 12.4 Å². The van der Waals surface area contributed by atoms with E-state index in [1.165, 1.54) is 0 Å². The van der Waals surface area contributed by atoms with Gasteiger partial charge in [0.2, 0.25) is 0 Å². The third-order valence-electron chi connectivity index (χ3n) is 2.79. The molecule has 0 saturated carbocycles. The highest BCUT2D eigenvalue weighted by Crippen LogP contribution is 2.25. The molecule has 4 nitrogen and oxygen atoms in total. The van der Waals surface area contributed by atoms with Gasteiger partial charge in [0.25, 0.3) is 0 Å². The average Bonchev–Trinajstić information content (AvgIpc) is 2.46. The summed E-state index contributed by atoms with van der Waals surface area (Å²) < 4.78 is 0. The van der Waals surface area contributed by atoms with E-state index in [9.17, 15) is 0 Å². The van der Waals surface area contributed by atoms with Gasteiger partial charge in [-0.2, -0.15) is 10.2 Å². The summed E-state index contributed by atoms with van der Waals surface area (Å²) in [5.41, 5.74) is 2.78. The van der Waals surface area contributed by atoms with Crippen LogP contribution in [0.1, 0.15) is 5.69 Å². The molecule has 0 unspecified atom stereocenters. The molecule has 0 aliphatic carbocycles. The average molecular weight is 271 g/mol. The van der Waals surface area contributed by atoms with Crippen LogP contribution >= 0.6 is 11.6 Å². The summed E-state index contributed by atoms with van der Waals surface area (Å²) in [7, 11) is 0. The van der Waals surface area contributed by atoms with Crippen LogP contribution in [-0.2, 0) is 6.54 Å². The minimum Gasteiger partial charge on any atom is -0.379 e. The summed E-state index contributed by atoms with van der Waals surface area (Å²) in [4.78, 5) is 4.31. The van der Waals surface area contributed by atoms with Crippen LogP contribution in [0.3, 0.4) is 0 Å². The van der Waals surface area contributed by atoms with Gasteiger partial charge in [0.05, 0.1) is 17.8 Å². The normalized spacial score (nSPS) is 10.6. The molecule has 0 bridgehead atoms. The molecular weight excluding hydrogens is 260 g/mol. The van der Waals surface area contributed by atoms with Gasteiger partial charge in [-0.1, -0.05) is 11.6 Å². The van der Waals surface area contributed by atoms with Crippen LogP contribution in [0.5, 0.6) is 0 Å². The Morgan fingerprint density at radius 1 is 1.11 bits per heavy atom. The van der Waals surface area contributed by atoms with Crippen LogP contribution in [0.15, 0.2) is 48.8 Å². The van der Waals surface area contributed by atoms with Crippen molar-refractivity contribution < 1.29 is 0 Å². The zero-order valence-electron chi connectivity index (χ0n) is 10.0. The third kappa shape index (κ3) is 2.63. The van der Waals surface area contributed by atoms with Gasteiger partial charge in [-0.05, 0) is 36.4 Å². The van der Waals surface area contributed by atoms with Crippen molar-refractivity contribution in [2.75, 3.05) is 5.32 Å². The molecule has 0 radical (unpaired) electrons. The molecule has 1 aromatic carbocycles. The van der Waals surface area contributed by atoms with E-state index in [2.05, 4.69) is 20.5 Å². The van der Waals surface area contributed by atoms with Crippen molar-refractivity contribution in [1.29, 1.82) is 0 Å². The largest absolute Gasteiger partial charge is 0.379 e. The monoisotopic (exact) mass is 270 g/mol. The second-order valence-corrected chi connectivity index (χ2v) is 4.52. The number of rotatable bonds is 3. The number of nitrogens with zero attached hydrogens (tertiary/aromatic N) is 3. The van der Waals surface area contributed by atoms with Gasteiger partial charge in [-0.3, -0.25) is 4.98 Å². The fourth-order valence-electron chi connectivity index (χ4n) is 1.89. The topological polar surface area (TPSA) is 50.7 Å². The summed E-state index contributed by atoms with van der Waals surface area (Å²) in [6, 6.07) is 11.4. The van der Waals surface area contributed by atoms with Crippen LogP contribution in [0.4, 0.5) is 5.69 Å². The highest BCUT2D eigenvalue weighted by atomic mass is 35.5. The van der Waals surface area contributed by atoms with Crippen LogP contribution in [0, 0.1) is 0 Å². The zero-order valence-corrected chi connectivity index (χ0v) is 10.8. The Bertz CT molecular complexity index is 700. The Hall–Kier alpha value is -2.20. The quantitative estimate of drug-likeness (QED) is 0.793. The van der Waals surface area contributed by atoms with E-state index in [0.717, 1.165) is 22.3 Å². The molecule has 5 heteroatoms. The van der Waals surface area contributed by atoms with Crippen LogP contribution in [0.2, 0.25) is 5.02 Å². The van der Waals surface area contributed by atoms with Gasteiger partial charge in [-0.25, -0.2) is 0 Å². The summed E-state index contributed by atoms with van der Waals surface area (Å²) in [5.74, 6) is 0. The summed E-state index contributed by atoms with van der Waals surface area (Å²) in [5, 5.41) is 12.9. The van der Waals surface area contributed by atoms with Crippen molar-refractivity contribution in [1.82, 2.24) is 15.2 Å². The lowest BCUT2D eigenvalue weighted by Gasteiger charge is -2.08. The van der Waals surface area contributed by atoms with Crippen molar-refractivity contribution in [2.24, 2.45) is 0 Å². The molecule has 0 atom stereocenters. The molecule has 3 aromatic rings. The van der Waals surface area contributed by atoms with E-state index >= 15 is 0 Å². The number of nitrogens with one attached hydrogen (secondary N) is 1. The molecule has 0 saturated heterocycles.